The third-order valence-corrected chi connectivity index (χ3v) is 6.63. The van der Waals surface area contributed by atoms with Gasteiger partial charge in [0, 0.05) is 6.54 Å². The number of hydrogen-bond acceptors (Lipinski definition) is 6. The number of benzene rings is 3. The van der Waals surface area contributed by atoms with Crippen LogP contribution in [0.4, 0.5) is 5.69 Å². The number of aliphatic imine (C=N–C) groups is 1. The smallest absolute Gasteiger partial charge is 0.335 e. The van der Waals surface area contributed by atoms with E-state index in [-0.39, 0.29) is 11.5 Å². The van der Waals surface area contributed by atoms with Gasteiger partial charge in [0.25, 0.3) is 5.91 Å². The van der Waals surface area contributed by atoms with Gasteiger partial charge in [-0.15, -0.1) is 0 Å². The topological polar surface area (TPSA) is 88.4 Å². The number of hydrogen-bond donors (Lipinski definition) is 1. The zero-order valence-electron chi connectivity index (χ0n) is 20.9. The van der Waals surface area contributed by atoms with Crippen molar-refractivity contribution < 1.29 is 24.2 Å². The van der Waals surface area contributed by atoms with Crippen molar-refractivity contribution in [2.24, 2.45) is 4.99 Å². The Balaban J connectivity index is 1.55. The molecule has 190 valence electrons. The first-order valence-corrected chi connectivity index (χ1v) is 12.8. The minimum absolute atomic E-state index is 0.133. The third-order valence-electron chi connectivity index (χ3n) is 5.62. The number of carboxylic acids is 1. The van der Waals surface area contributed by atoms with Gasteiger partial charge in [-0.05, 0) is 86.1 Å². The molecule has 0 saturated carbocycles. The highest BCUT2D eigenvalue weighted by Crippen LogP contribution is 2.36. The molecule has 0 bridgehead atoms. The van der Waals surface area contributed by atoms with E-state index in [0.717, 1.165) is 11.1 Å². The molecular weight excluding hydrogens is 488 g/mol. The molecule has 1 aliphatic heterocycles. The van der Waals surface area contributed by atoms with Crippen molar-refractivity contribution in [3.63, 3.8) is 0 Å². The molecule has 3 aromatic rings. The number of carbonyl (C=O) groups is 2. The van der Waals surface area contributed by atoms with E-state index in [1.54, 1.807) is 17.0 Å². The molecule has 7 nitrogen and oxygen atoms in total. The first-order valence-electron chi connectivity index (χ1n) is 12.0. The maximum absolute atomic E-state index is 13.1. The molecule has 0 aliphatic carbocycles. The van der Waals surface area contributed by atoms with Crippen molar-refractivity contribution in [1.29, 1.82) is 0 Å². The second-order valence-electron chi connectivity index (χ2n) is 8.32. The zero-order chi connectivity index (χ0) is 26.4. The summed E-state index contributed by atoms with van der Waals surface area (Å²) in [4.78, 5) is 30.9. The largest absolute Gasteiger partial charge is 0.490 e. The maximum atomic E-state index is 13.1. The molecule has 0 unspecified atom stereocenters. The van der Waals surface area contributed by atoms with E-state index >= 15 is 0 Å². The van der Waals surface area contributed by atoms with Crippen LogP contribution in [0.15, 0.2) is 76.6 Å². The van der Waals surface area contributed by atoms with Crippen molar-refractivity contribution >= 4 is 40.6 Å². The molecule has 1 heterocycles. The van der Waals surface area contributed by atoms with Gasteiger partial charge in [0.1, 0.15) is 6.61 Å². The lowest BCUT2D eigenvalue weighted by molar-refractivity contribution is -0.122. The van der Waals surface area contributed by atoms with Crippen molar-refractivity contribution in [1.82, 2.24) is 4.90 Å². The van der Waals surface area contributed by atoms with Crippen LogP contribution < -0.4 is 9.47 Å². The van der Waals surface area contributed by atoms with Gasteiger partial charge in [-0.25, -0.2) is 9.79 Å². The molecule has 1 fully saturated rings. The van der Waals surface area contributed by atoms with Crippen LogP contribution in [-0.2, 0) is 11.4 Å². The van der Waals surface area contributed by atoms with Gasteiger partial charge in [0.15, 0.2) is 16.7 Å². The van der Waals surface area contributed by atoms with Crippen LogP contribution in [0.1, 0.15) is 40.9 Å². The van der Waals surface area contributed by atoms with Gasteiger partial charge < -0.3 is 14.6 Å². The average molecular weight is 517 g/mol. The standard InChI is InChI=1S/C29H28N2O5S/c1-4-31-27(32)26(37-29(31)30-23-13-11-22(12-14-23)28(33)34)17-21-10-15-24(25(16-21)35-5-2)36-18-20-8-6-19(3)7-9-20/h6-17H,4-5,18H2,1-3H3,(H,33,34)/b26-17+,30-29?. The predicted molar refractivity (Wildman–Crippen MR) is 147 cm³/mol. The summed E-state index contributed by atoms with van der Waals surface area (Å²) in [6.45, 7) is 7.22. The highest BCUT2D eigenvalue weighted by molar-refractivity contribution is 8.18. The molecule has 3 aromatic carbocycles. The van der Waals surface area contributed by atoms with Crippen LogP contribution in [0.2, 0.25) is 0 Å². The second-order valence-corrected chi connectivity index (χ2v) is 9.33. The molecule has 1 aliphatic rings. The summed E-state index contributed by atoms with van der Waals surface area (Å²) < 4.78 is 11.8. The molecule has 1 N–H and O–H groups in total. The van der Waals surface area contributed by atoms with Crippen LogP contribution in [0, 0.1) is 6.92 Å². The van der Waals surface area contributed by atoms with Crippen LogP contribution >= 0.6 is 11.8 Å². The van der Waals surface area contributed by atoms with E-state index in [4.69, 9.17) is 14.6 Å². The van der Waals surface area contributed by atoms with Crippen molar-refractivity contribution in [2.75, 3.05) is 13.2 Å². The number of thioether (sulfide) groups is 1. The minimum atomic E-state index is -0.997. The molecule has 1 amide bonds. The Morgan fingerprint density at radius 1 is 1.00 bits per heavy atom. The van der Waals surface area contributed by atoms with E-state index in [0.29, 0.717) is 47.0 Å². The second kappa shape index (κ2) is 11.8. The van der Waals surface area contributed by atoms with Crippen molar-refractivity contribution in [2.45, 2.75) is 27.4 Å². The summed E-state index contributed by atoms with van der Waals surface area (Å²) in [5.74, 6) is 0.116. The molecule has 8 heteroatoms. The normalized spacial score (nSPS) is 15.4. The Labute approximate surface area is 220 Å². The fourth-order valence-corrected chi connectivity index (χ4v) is 4.72. The number of carboxylic acid groups (broad SMARTS) is 1. The predicted octanol–water partition coefficient (Wildman–Crippen LogP) is 6.29. The summed E-state index contributed by atoms with van der Waals surface area (Å²) in [6.07, 6.45) is 1.82. The number of amides is 1. The van der Waals surface area contributed by atoms with Gasteiger partial charge in [-0.2, -0.15) is 0 Å². The minimum Gasteiger partial charge on any atom is -0.490 e. The van der Waals surface area contributed by atoms with E-state index in [1.807, 2.05) is 57.2 Å². The number of aromatic carboxylic acids is 1. The summed E-state index contributed by atoms with van der Waals surface area (Å²) in [7, 11) is 0. The third kappa shape index (κ3) is 6.40. The fourth-order valence-electron chi connectivity index (χ4n) is 3.66. The number of likely N-dealkylation sites (N-methyl/N-ethyl adjacent to an activating group) is 1. The highest BCUT2D eigenvalue weighted by Gasteiger charge is 2.32. The molecule has 0 radical (unpaired) electrons. The van der Waals surface area contributed by atoms with E-state index < -0.39 is 5.97 Å². The van der Waals surface area contributed by atoms with E-state index in [1.165, 1.54) is 29.5 Å². The highest BCUT2D eigenvalue weighted by atomic mass is 32.2. The first-order chi connectivity index (χ1) is 17.9. The van der Waals surface area contributed by atoms with Crippen molar-refractivity contribution in [3.05, 3.63) is 93.9 Å². The van der Waals surface area contributed by atoms with E-state index in [9.17, 15) is 9.59 Å². The molecular formula is C29H28N2O5S. The fraction of sp³-hybridized carbons (Fsp3) is 0.207. The van der Waals surface area contributed by atoms with Crippen LogP contribution in [0.25, 0.3) is 6.08 Å². The Hall–Kier alpha value is -4.04. The quantitative estimate of drug-likeness (QED) is 0.336. The summed E-state index contributed by atoms with van der Waals surface area (Å²) in [5.41, 5.74) is 3.83. The zero-order valence-corrected chi connectivity index (χ0v) is 21.7. The Morgan fingerprint density at radius 2 is 1.73 bits per heavy atom. The molecule has 1 saturated heterocycles. The number of carbonyl (C=O) groups excluding carboxylic acids is 1. The van der Waals surface area contributed by atoms with Crippen LogP contribution in [0.5, 0.6) is 11.5 Å². The molecule has 37 heavy (non-hydrogen) atoms. The number of aryl methyl sites for hydroxylation is 1. The lowest BCUT2D eigenvalue weighted by Gasteiger charge is -2.13. The van der Waals surface area contributed by atoms with E-state index in [2.05, 4.69) is 17.1 Å². The Bertz CT molecular complexity index is 1350. The molecule has 0 atom stereocenters. The Kier molecular flexibility index (Phi) is 8.30. The lowest BCUT2D eigenvalue weighted by atomic mass is 10.1. The van der Waals surface area contributed by atoms with Crippen LogP contribution in [-0.4, -0.2) is 40.2 Å². The molecule has 0 spiro atoms. The number of ether oxygens (including phenoxy) is 2. The summed E-state index contributed by atoms with van der Waals surface area (Å²) >= 11 is 1.28. The number of amidine groups is 1. The van der Waals surface area contributed by atoms with Gasteiger partial charge >= 0.3 is 5.97 Å². The molecule has 4 rings (SSSR count). The monoisotopic (exact) mass is 516 g/mol. The number of nitrogens with zero attached hydrogens (tertiary/aromatic N) is 2. The lowest BCUT2D eigenvalue weighted by Crippen LogP contribution is -2.28. The maximum Gasteiger partial charge on any atom is 0.335 e. The van der Waals surface area contributed by atoms with Crippen molar-refractivity contribution in [3.8, 4) is 11.5 Å². The SMILES string of the molecule is CCOc1cc(/C=C2/SC(=Nc3ccc(C(=O)O)cc3)N(CC)C2=O)ccc1OCc1ccc(C)cc1. The van der Waals surface area contributed by atoms with Gasteiger partial charge in [0.2, 0.25) is 0 Å². The molecule has 0 aromatic heterocycles. The summed E-state index contributed by atoms with van der Waals surface area (Å²) in [6, 6.07) is 20.0. The Morgan fingerprint density at radius 3 is 2.38 bits per heavy atom. The van der Waals surface area contributed by atoms with Crippen LogP contribution in [0.3, 0.4) is 0 Å². The number of rotatable bonds is 9. The average Bonchev–Trinajstić information content (AvgIpc) is 3.18. The summed E-state index contributed by atoms with van der Waals surface area (Å²) in [5, 5.41) is 9.64. The van der Waals surface area contributed by atoms with Gasteiger partial charge in [-0.3, -0.25) is 9.69 Å². The first kappa shape index (κ1) is 26.0. The van der Waals surface area contributed by atoms with Gasteiger partial charge in [0.05, 0.1) is 22.8 Å². The van der Waals surface area contributed by atoms with Gasteiger partial charge in [-0.1, -0.05) is 35.9 Å².